The van der Waals surface area contributed by atoms with Gasteiger partial charge >= 0.3 is 0 Å². The van der Waals surface area contributed by atoms with Crippen molar-refractivity contribution in [2.45, 2.75) is 19.6 Å². The van der Waals surface area contributed by atoms with Gasteiger partial charge in [-0.15, -0.1) is 0 Å². The summed E-state index contributed by atoms with van der Waals surface area (Å²) < 4.78 is 11.8. The third-order valence-corrected chi connectivity index (χ3v) is 3.49. The predicted molar refractivity (Wildman–Crippen MR) is 78.9 cm³/mol. The van der Waals surface area contributed by atoms with E-state index in [1.807, 2.05) is 18.3 Å². The molecule has 0 amide bonds. The summed E-state index contributed by atoms with van der Waals surface area (Å²) in [5.74, 6) is 0. The molecule has 0 fully saturated rings. The lowest BCUT2D eigenvalue weighted by Gasteiger charge is -2.20. The number of hydrogen-bond acceptors (Lipinski definition) is 7. The van der Waals surface area contributed by atoms with Crippen LogP contribution in [0.2, 0.25) is 0 Å². The van der Waals surface area contributed by atoms with Gasteiger partial charge in [0.25, 0.3) is 0 Å². The van der Waals surface area contributed by atoms with Crippen molar-refractivity contribution in [2.75, 3.05) is 0 Å². The van der Waals surface area contributed by atoms with Crippen LogP contribution in [-0.2, 0) is 19.6 Å². The van der Waals surface area contributed by atoms with Crippen LogP contribution >= 0.6 is 0 Å². The largest absolute Gasteiger partial charge is 0.451 e. The molecule has 0 saturated heterocycles. The Hall–Kier alpha value is -3.00. The van der Waals surface area contributed by atoms with Crippen molar-refractivity contribution in [3.63, 3.8) is 0 Å². The first-order valence-corrected chi connectivity index (χ1v) is 7.11. The molecule has 0 saturated carbocycles. The molecule has 0 bridgehead atoms. The summed E-state index contributed by atoms with van der Waals surface area (Å²) >= 11 is 0. The van der Waals surface area contributed by atoms with Gasteiger partial charge in [-0.2, -0.15) is 5.10 Å². The fourth-order valence-electron chi connectivity index (χ4n) is 2.47. The lowest BCUT2D eigenvalue weighted by Crippen LogP contribution is -2.22. The minimum absolute atomic E-state index is 0.654. The minimum Gasteiger partial charge on any atom is -0.451 e. The van der Waals surface area contributed by atoms with Gasteiger partial charge in [-0.1, -0.05) is 0 Å². The summed E-state index contributed by atoms with van der Waals surface area (Å²) in [7, 11) is 0. The maximum atomic E-state index is 5.05. The van der Waals surface area contributed by atoms with Gasteiger partial charge in [-0.25, -0.2) is 19.5 Å². The van der Waals surface area contributed by atoms with E-state index < -0.39 is 0 Å². The molecule has 23 heavy (non-hydrogen) atoms. The molecule has 0 radical (unpaired) electrons. The lowest BCUT2D eigenvalue weighted by atomic mass is 10.2. The highest BCUT2D eigenvalue weighted by Gasteiger charge is 2.12. The molecular weight excluding hydrogens is 296 g/mol. The number of hydrogen-bond donors (Lipinski definition) is 0. The number of pyridine rings is 1. The molecule has 4 aromatic heterocycles. The molecule has 0 N–H and O–H groups in total. The van der Waals surface area contributed by atoms with Gasteiger partial charge in [-0.05, 0) is 17.7 Å². The van der Waals surface area contributed by atoms with E-state index in [9.17, 15) is 0 Å². The number of oxazole rings is 2. The molecule has 4 heterocycles. The summed E-state index contributed by atoms with van der Waals surface area (Å²) in [6.45, 7) is 2.03. The van der Waals surface area contributed by atoms with Crippen LogP contribution in [-0.4, -0.2) is 29.5 Å². The Bertz CT molecular complexity index is 832. The number of aromatic nitrogens is 5. The number of nitrogens with zero attached hydrogens (tertiary/aromatic N) is 6. The summed E-state index contributed by atoms with van der Waals surface area (Å²) in [5, 5.41) is 4.11. The average molecular weight is 310 g/mol. The Morgan fingerprint density at radius 3 is 2.35 bits per heavy atom. The zero-order valence-electron chi connectivity index (χ0n) is 12.2. The third-order valence-electron chi connectivity index (χ3n) is 3.49. The lowest BCUT2D eigenvalue weighted by molar-refractivity contribution is 0.241. The van der Waals surface area contributed by atoms with Crippen LogP contribution in [0.5, 0.6) is 0 Å². The molecule has 0 spiro atoms. The normalized spacial score (nSPS) is 11.5. The van der Waals surface area contributed by atoms with Crippen molar-refractivity contribution >= 4 is 5.65 Å². The van der Waals surface area contributed by atoms with E-state index in [4.69, 9.17) is 8.83 Å². The second kappa shape index (κ2) is 6.01. The highest BCUT2D eigenvalue weighted by atomic mass is 16.3. The summed E-state index contributed by atoms with van der Waals surface area (Å²) in [4.78, 5) is 14.8. The molecule has 8 heteroatoms. The van der Waals surface area contributed by atoms with E-state index in [-0.39, 0.29) is 0 Å². The van der Waals surface area contributed by atoms with Gasteiger partial charge in [0.1, 0.15) is 18.9 Å². The van der Waals surface area contributed by atoms with Crippen LogP contribution in [0.1, 0.15) is 17.0 Å². The molecule has 116 valence electrons. The van der Waals surface area contributed by atoms with Crippen LogP contribution < -0.4 is 0 Å². The first-order chi connectivity index (χ1) is 11.4. The smallest absolute Gasteiger partial charge is 0.180 e. The van der Waals surface area contributed by atoms with Gasteiger partial charge in [0.05, 0.1) is 11.4 Å². The molecule has 0 atom stereocenters. The van der Waals surface area contributed by atoms with Crippen molar-refractivity contribution in [3.05, 3.63) is 66.9 Å². The first kappa shape index (κ1) is 13.6. The van der Waals surface area contributed by atoms with E-state index >= 15 is 0 Å². The van der Waals surface area contributed by atoms with Gasteiger partial charge in [0.2, 0.25) is 0 Å². The second-order valence-electron chi connectivity index (χ2n) is 5.20. The first-order valence-electron chi connectivity index (χ1n) is 7.11. The Morgan fingerprint density at radius 1 is 0.957 bits per heavy atom. The fraction of sp³-hybridized carbons (Fsp3) is 0.200. The molecular formula is C15H14N6O2. The van der Waals surface area contributed by atoms with Crippen molar-refractivity contribution in [2.24, 2.45) is 0 Å². The maximum Gasteiger partial charge on any atom is 0.180 e. The quantitative estimate of drug-likeness (QED) is 0.537. The molecule has 0 aliphatic heterocycles. The summed E-state index contributed by atoms with van der Waals surface area (Å²) in [6, 6.07) is 4.05. The Morgan fingerprint density at radius 2 is 1.70 bits per heavy atom. The van der Waals surface area contributed by atoms with Crippen LogP contribution in [0.3, 0.4) is 0 Å². The summed E-state index contributed by atoms with van der Waals surface area (Å²) in [5.41, 5.74) is 3.71. The maximum absolute atomic E-state index is 5.05. The van der Waals surface area contributed by atoms with E-state index in [2.05, 4.69) is 25.0 Å². The van der Waals surface area contributed by atoms with Crippen molar-refractivity contribution in [1.82, 2.24) is 29.5 Å². The Kier molecular flexibility index (Phi) is 3.57. The Balaban J connectivity index is 1.55. The fourth-order valence-corrected chi connectivity index (χ4v) is 2.47. The van der Waals surface area contributed by atoms with Crippen molar-refractivity contribution < 1.29 is 8.83 Å². The van der Waals surface area contributed by atoms with E-state index in [0.717, 1.165) is 29.1 Å². The molecule has 4 aromatic rings. The van der Waals surface area contributed by atoms with Crippen molar-refractivity contribution in [1.29, 1.82) is 0 Å². The van der Waals surface area contributed by atoms with Crippen LogP contribution in [0.4, 0.5) is 0 Å². The highest BCUT2D eigenvalue weighted by Crippen LogP contribution is 2.13. The zero-order chi connectivity index (χ0) is 15.5. The third kappa shape index (κ3) is 3.11. The van der Waals surface area contributed by atoms with Crippen molar-refractivity contribution in [3.8, 4) is 0 Å². The van der Waals surface area contributed by atoms with Crippen LogP contribution in [0.25, 0.3) is 5.65 Å². The van der Waals surface area contributed by atoms with Gasteiger partial charge in [0, 0.05) is 25.8 Å². The SMILES string of the molecule is c1nc2cc(CN(Cc3cocn3)Cc3cocn3)ccn2n1. The van der Waals surface area contributed by atoms with Gasteiger partial charge < -0.3 is 8.83 Å². The van der Waals surface area contributed by atoms with E-state index in [1.54, 1.807) is 23.4 Å². The van der Waals surface area contributed by atoms with Crippen LogP contribution in [0, 0.1) is 0 Å². The van der Waals surface area contributed by atoms with Crippen LogP contribution in [0.15, 0.2) is 58.8 Å². The average Bonchev–Trinajstić information content (AvgIpc) is 3.29. The topological polar surface area (TPSA) is 85.5 Å². The van der Waals surface area contributed by atoms with E-state index in [0.29, 0.717) is 13.1 Å². The molecule has 0 aromatic carbocycles. The Labute approximate surface area is 131 Å². The molecule has 0 aliphatic rings. The standard InChI is InChI=1S/C15H14N6O2/c1-2-21-15(16-9-19-21)3-12(1)4-20(5-13-7-22-10-17-13)6-14-8-23-11-18-14/h1-3,7-11H,4-6H2. The van der Waals surface area contributed by atoms with Gasteiger partial charge in [0.15, 0.2) is 18.4 Å². The molecule has 4 rings (SSSR count). The number of rotatable bonds is 6. The monoisotopic (exact) mass is 310 g/mol. The van der Waals surface area contributed by atoms with Gasteiger partial charge in [-0.3, -0.25) is 4.90 Å². The molecule has 0 unspecified atom stereocenters. The summed E-state index contributed by atoms with van der Waals surface area (Å²) in [6.07, 6.45) is 9.62. The molecule has 8 nitrogen and oxygen atoms in total. The minimum atomic E-state index is 0.654. The molecule has 0 aliphatic carbocycles. The predicted octanol–water partition coefficient (Wildman–Crippen LogP) is 1.91. The zero-order valence-corrected chi connectivity index (χ0v) is 12.2. The highest BCUT2D eigenvalue weighted by molar-refractivity contribution is 5.39. The van der Waals surface area contributed by atoms with E-state index in [1.165, 1.54) is 12.8 Å². The second-order valence-corrected chi connectivity index (χ2v) is 5.20. The number of fused-ring (bicyclic) bond motifs is 1.